The lowest BCUT2D eigenvalue weighted by molar-refractivity contribution is -0.384. The first-order valence-electron chi connectivity index (χ1n) is 7.46. The molecule has 0 aliphatic heterocycles. The molecule has 1 N–H and O–H groups in total. The number of nitro benzene ring substituents is 1. The number of para-hydroxylation sites is 1. The van der Waals surface area contributed by atoms with Gasteiger partial charge in [-0.2, -0.15) is 0 Å². The van der Waals surface area contributed by atoms with Gasteiger partial charge < -0.3 is 9.64 Å². The van der Waals surface area contributed by atoms with Crippen LogP contribution in [0.1, 0.15) is 0 Å². The molecule has 8 nitrogen and oxygen atoms in total. The van der Waals surface area contributed by atoms with Gasteiger partial charge in [-0.3, -0.25) is 10.1 Å². The molecular formula is C16H19N3O5S. The lowest BCUT2D eigenvalue weighted by atomic mass is 10.2. The minimum atomic E-state index is -3.75. The number of nitrogens with zero attached hydrogens (tertiary/aromatic N) is 2. The van der Waals surface area contributed by atoms with Crippen LogP contribution < -0.4 is 14.4 Å². The fourth-order valence-electron chi connectivity index (χ4n) is 2.19. The standard InChI is InChI=1S/C16H19N3O5S/c1-17-25(22,23)14-8-9-15(16(12-14)19(20)21)18(2)10-11-24-13-6-4-3-5-7-13/h3-9,12,17H,10-11H2,1-2H3. The van der Waals surface area contributed by atoms with Gasteiger partial charge in [-0.25, -0.2) is 13.1 Å². The second-order valence-corrected chi connectivity index (χ2v) is 7.08. The van der Waals surface area contributed by atoms with E-state index < -0.39 is 14.9 Å². The van der Waals surface area contributed by atoms with Crippen LogP contribution >= 0.6 is 0 Å². The van der Waals surface area contributed by atoms with Gasteiger partial charge in [0.2, 0.25) is 10.0 Å². The molecule has 25 heavy (non-hydrogen) atoms. The molecular weight excluding hydrogens is 346 g/mol. The molecule has 0 aromatic heterocycles. The zero-order valence-electron chi connectivity index (χ0n) is 13.9. The van der Waals surface area contributed by atoms with Crippen LogP contribution in [-0.2, 0) is 10.0 Å². The van der Waals surface area contributed by atoms with Crippen molar-refractivity contribution >= 4 is 21.4 Å². The molecule has 0 saturated heterocycles. The van der Waals surface area contributed by atoms with E-state index in [1.54, 1.807) is 11.9 Å². The monoisotopic (exact) mass is 365 g/mol. The first-order valence-corrected chi connectivity index (χ1v) is 8.94. The Morgan fingerprint density at radius 3 is 2.48 bits per heavy atom. The summed E-state index contributed by atoms with van der Waals surface area (Å²) in [7, 11) is -0.812. The number of benzene rings is 2. The minimum absolute atomic E-state index is 0.153. The predicted molar refractivity (Wildman–Crippen MR) is 94.5 cm³/mol. The van der Waals surface area contributed by atoms with E-state index in [1.807, 2.05) is 30.3 Å². The molecule has 9 heteroatoms. The van der Waals surface area contributed by atoms with Gasteiger partial charge in [0, 0.05) is 13.1 Å². The highest BCUT2D eigenvalue weighted by molar-refractivity contribution is 7.89. The number of likely N-dealkylation sites (N-methyl/N-ethyl adjacent to an activating group) is 1. The molecule has 0 heterocycles. The van der Waals surface area contributed by atoms with Crippen molar-refractivity contribution in [2.45, 2.75) is 4.90 Å². The summed E-state index contributed by atoms with van der Waals surface area (Å²) in [5.41, 5.74) is 0.0373. The SMILES string of the molecule is CNS(=O)(=O)c1ccc(N(C)CCOc2ccccc2)c([N+](=O)[O-])c1. The van der Waals surface area contributed by atoms with Crippen LogP contribution in [0.25, 0.3) is 0 Å². The lowest BCUT2D eigenvalue weighted by Crippen LogP contribution is -2.25. The summed E-state index contributed by atoms with van der Waals surface area (Å²) in [5.74, 6) is 0.709. The van der Waals surface area contributed by atoms with Crippen molar-refractivity contribution in [1.82, 2.24) is 4.72 Å². The first-order chi connectivity index (χ1) is 11.8. The molecule has 2 aromatic carbocycles. The van der Waals surface area contributed by atoms with Crippen molar-refractivity contribution in [2.75, 3.05) is 32.1 Å². The zero-order valence-corrected chi connectivity index (χ0v) is 14.7. The summed E-state index contributed by atoms with van der Waals surface area (Å²) in [4.78, 5) is 12.2. The highest BCUT2D eigenvalue weighted by Gasteiger charge is 2.22. The second-order valence-electron chi connectivity index (χ2n) is 5.20. The number of sulfonamides is 1. The predicted octanol–water partition coefficient (Wildman–Crippen LogP) is 2.02. The Kier molecular flexibility index (Phi) is 5.94. The number of anilines is 1. The number of rotatable bonds is 8. The number of ether oxygens (including phenoxy) is 1. The molecule has 0 radical (unpaired) electrons. The summed E-state index contributed by atoms with van der Waals surface area (Å²) >= 11 is 0. The third-order valence-corrected chi connectivity index (χ3v) is 4.98. The fourth-order valence-corrected chi connectivity index (χ4v) is 2.94. The minimum Gasteiger partial charge on any atom is -0.492 e. The summed E-state index contributed by atoms with van der Waals surface area (Å²) in [6.07, 6.45) is 0. The Balaban J connectivity index is 2.15. The van der Waals surface area contributed by atoms with Gasteiger partial charge in [-0.15, -0.1) is 0 Å². The fraction of sp³-hybridized carbons (Fsp3) is 0.250. The molecule has 0 aliphatic rings. The molecule has 0 fully saturated rings. The summed E-state index contributed by atoms with van der Waals surface area (Å²) in [6.45, 7) is 0.724. The van der Waals surface area contributed by atoms with Crippen LogP contribution in [0.3, 0.4) is 0 Å². The second kappa shape index (κ2) is 7.95. The number of nitrogens with one attached hydrogen (secondary N) is 1. The largest absolute Gasteiger partial charge is 0.492 e. The Labute approximate surface area is 146 Å². The van der Waals surface area contributed by atoms with Crippen molar-refractivity contribution in [1.29, 1.82) is 0 Å². The Morgan fingerprint density at radius 2 is 1.88 bits per heavy atom. The van der Waals surface area contributed by atoms with E-state index in [2.05, 4.69) is 4.72 Å². The lowest BCUT2D eigenvalue weighted by Gasteiger charge is -2.19. The molecule has 0 spiro atoms. The van der Waals surface area contributed by atoms with Crippen LogP contribution in [-0.4, -0.2) is 40.6 Å². The Bertz CT molecular complexity index is 840. The van der Waals surface area contributed by atoms with Gasteiger partial charge in [-0.05, 0) is 31.3 Å². The van der Waals surface area contributed by atoms with Gasteiger partial charge in [0.05, 0.1) is 16.4 Å². The van der Waals surface area contributed by atoms with Gasteiger partial charge in [-0.1, -0.05) is 18.2 Å². The molecule has 2 rings (SSSR count). The average molecular weight is 365 g/mol. The highest BCUT2D eigenvalue weighted by Crippen LogP contribution is 2.30. The Morgan fingerprint density at radius 1 is 1.20 bits per heavy atom. The van der Waals surface area contributed by atoms with Crippen molar-refractivity contribution in [2.24, 2.45) is 0 Å². The number of hydrogen-bond acceptors (Lipinski definition) is 6. The summed E-state index contributed by atoms with van der Waals surface area (Å²) in [6, 6.07) is 13.0. The van der Waals surface area contributed by atoms with Crippen LogP contribution in [0.15, 0.2) is 53.4 Å². The molecule has 134 valence electrons. The third-order valence-electron chi connectivity index (χ3n) is 3.57. The molecule has 2 aromatic rings. The van der Waals surface area contributed by atoms with E-state index in [0.717, 1.165) is 6.07 Å². The molecule has 0 atom stereocenters. The summed E-state index contributed by atoms with van der Waals surface area (Å²) < 4.78 is 31.4. The smallest absolute Gasteiger partial charge is 0.293 e. The number of hydrogen-bond donors (Lipinski definition) is 1. The first kappa shape index (κ1) is 18.7. The van der Waals surface area contributed by atoms with Gasteiger partial charge in [0.25, 0.3) is 5.69 Å². The average Bonchev–Trinajstić information content (AvgIpc) is 2.62. The van der Waals surface area contributed by atoms with E-state index in [-0.39, 0.29) is 10.6 Å². The molecule has 0 amide bonds. The van der Waals surface area contributed by atoms with Gasteiger partial charge in [0.15, 0.2) is 0 Å². The van der Waals surface area contributed by atoms with E-state index in [4.69, 9.17) is 4.74 Å². The van der Waals surface area contributed by atoms with Gasteiger partial charge >= 0.3 is 0 Å². The maximum Gasteiger partial charge on any atom is 0.293 e. The zero-order chi connectivity index (χ0) is 18.4. The van der Waals surface area contributed by atoms with Crippen LogP contribution in [0.4, 0.5) is 11.4 Å². The molecule has 0 aliphatic carbocycles. The van der Waals surface area contributed by atoms with E-state index in [0.29, 0.717) is 24.6 Å². The van der Waals surface area contributed by atoms with Crippen molar-refractivity contribution < 1.29 is 18.1 Å². The Hall–Kier alpha value is -2.65. The summed E-state index contributed by atoms with van der Waals surface area (Å²) in [5, 5.41) is 11.3. The maximum absolute atomic E-state index is 11.8. The van der Waals surface area contributed by atoms with Crippen molar-refractivity contribution in [3.05, 3.63) is 58.6 Å². The molecule has 0 saturated carbocycles. The topological polar surface area (TPSA) is 102 Å². The quantitative estimate of drug-likeness (QED) is 0.567. The van der Waals surface area contributed by atoms with E-state index in [1.165, 1.54) is 19.2 Å². The molecule has 0 bridgehead atoms. The van der Waals surface area contributed by atoms with Crippen LogP contribution in [0.2, 0.25) is 0 Å². The number of nitro groups is 1. The van der Waals surface area contributed by atoms with Crippen LogP contribution in [0, 0.1) is 10.1 Å². The van der Waals surface area contributed by atoms with Crippen LogP contribution in [0.5, 0.6) is 5.75 Å². The highest BCUT2D eigenvalue weighted by atomic mass is 32.2. The van der Waals surface area contributed by atoms with Gasteiger partial charge in [0.1, 0.15) is 18.0 Å². The molecule has 0 unspecified atom stereocenters. The van der Waals surface area contributed by atoms with E-state index >= 15 is 0 Å². The maximum atomic E-state index is 11.8. The van der Waals surface area contributed by atoms with Crippen molar-refractivity contribution in [3.8, 4) is 5.75 Å². The normalized spacial score (nSPS) is 11.1. The van der Waals surface area contributed by atoms with Crippen molar-refractivity contribution in [3.63, 3.8) is 0 Å². The van der Waals surface area contributed by atoms with E-state index in [9.17, 15) is 18.5 Å². The third kappa shape index (κ3) is 4.68.